The van der Waals surface area contributed by atoms with Gasteiger partial charge in [0.05, 0.1) is 20.4 Å². The Bertz CT molecular complexity index is 413. The van der Waals surface area contributed by atoms with Crippen molar-refractivity contribution in [2.75, 3.05) is 20.8 Å². The zero-order valence-corrected chi connectivity index (χ0v) is 11.5. The number of thiocarbonyl (C=S) groups is 1. The fraction of sp³-hybridized carbons (Fsp3) is 0.333. The quantitative estimate of drug-likeness (QED) is 0.481. The van der Waals surface area contributed by atoms with Crippen molar-refractivity contribution >= 4 is 23.5 Å². The van der Waals surface area contributed by atoms with Crippen LogP contribution in [-0.4, -0.2) is 32.1 Å². The van der Waals surface area contributed by atoms with E-state index in [1.165, 1.54) is 0 Å². The van der Waals surface area contributed by atoms with Crippen LogP contribution in [0.2, 0.25) is 0 Å². The number of hydrazone groups is 1. The summed E-state index contributed by atoms with van der Waals surface area (Å²) in [5.74, 6) is 1.43. The van der Waals surface area contributed by atoms with Gasteiger partial charge in [-0.3, -0.25) is 5.43 Å². The van der Waals surface area contributed by atoms with Crippen LogP contribution in [0.15, 0.2) is 23.3 Å². The molecule has 0 aliphatic rings. The molecule has 0 amide bonds. The van der Waals surface area contributed by atoms with Crippen LogP contribution >= 0.6 is 12.2 Å². The Labute approximate surface area is 112 Å². The number of nitrogens with one attached hydrogen (secondary N) is 2. The number of rotatable bonds is 5. The number of methoxy groups -OCH3 is 2. The highest BCUT2D eigenvalue weighted by atomic mass is 32.1. The Balaban J connectivity index is 2.71. The van der Waals surface area contributed by atoms with Crippen LogP contribution in [0.4, 0.5) is 0 Å². The third kappa shape index (κ3) is 4.58. The van der Waals surface area contributed by atoms with Gasteiger partial charge in [-0.25, -0.2) is 0 Å². The maximum Gasteiger partial charge on any atom is 0.186 e. The second-order valence-corrected chi connectivity index (χ2v) is 3.78. The molecule has 0 aliphatic carbocycles. The van der Waals surface area contributed by atoms with Gasteiger partial charge in [-0.1, -0.05) is 0 Å². The molecule has 0 spiro atoms. The van der Waals surface area contributed by atoms with Crippen LogP contribution < -0.4 is 20.2 Å². The minimum Gasteiger partial charge on any atom is -0.497 e. The molecule has 0 bridgehead atoms. The fourth-order valence-electron chi connectivity index (χ4n) is 1.27. The second kappa shape index (κ2) is 7.50. The zero-order valence-electron chi connectivity index (χ0n) is 10.7. The molecule has 0 radical (unpaired) electrons. The maximum atomic E-state index is 5.16. The third-order valence-electron chi connectivity index (χ3n) is 2.09. The molecule has 98 valence electrons. The molecule has 6 heteroatoms. The van der Waals surface area contributed by atoms with E-state index in [1.807, 2.05) is 19.1 Å². The Morgan fingerprint density at radius 2 is 1.89 bits per heavy atom. The van der Waals surface area contributed by atoms with Crippen LogP contribution in [0.1, 0.15) is 12.5 Å². The number of benzene rings is 1. The van der Waals surface area contributed by atoms with Gasteiger partial charge in [0.1, 0.15) is 11.5 Å². The van der Waals surface area contributed by atoms with E-state index in [-0.39, 0.29) is 0 Å². The smallest absolute Gasteiger partial charge is 0.186 e. The summed E-state index contributed by atoms with van der Waals surface area (Å²) in [7, 11) is 3.21. The molecule has 0 unspecified atom stereocenters. The molecule has 0 saturated carbocycles. The highest BCUT2D eigenvalue weighted by Gasteiger charge is 1.99. The lowest BCUT2D eigenvalue weighted by molar-refractivity contribution is 0.394. The molecule has 1 aromatic rings. The summed E-state index contributed by atoms with van der Waals surface area (Å²) in [5.41, 5.74) is 3.57. The van der Waals surface area contributed by atoms with Gasteiger partial charge < -0.3 is 14.8 Å². The molecule has 0 atom stereocenters. The summed E-state index contributed by atoms with van der Waals surface area (Å²) in [6.07, 6.45) is 1.65. The summed E-state index contributed by atoms with van der Waals surface area (Å²) in [5, 5.41) is 7.44. The van der Waals surface area contributed by atoms with Crippen molar-refractivity contribution in [1.82, 2.24) is 10.7 Å². The first-order valence-corrected chi connectivity index (χ1v) is 5.90. The lowest BCUT2D eigenvalue weighted by Gasteiger charge is -2.06. The molecule has 2 N–H and O–H groups in total. The van der Waals surface area contributed by atoms with E-state index < -0.39 is 0 Å². The minimum absolute atomic E-state index is 0.489. The van der Waals surface area contributed by atoms with Crippen LogP contribution in [-0.2, 0) is 0 Å². The molecule has 18 heavy (non-hydrogen) atoms. The lowest BCUT2D eigenvalue weighted by Crippen LogP contribution is -2.31. The van der Waals surface area contributed by atoms with Gasteiger partial charge in [0, 0.05) is 18.2 Å². The Hall–Kier alpha value is -1.82. The van der Waals surface area contributed by atoms with E-state index in [2.05, 4.69) is 15.8 Å². The fourth-order valence-corrected chi connectivity index (χ4v) is 1.47. The van der Waals surface area contributed by atoms with E-state index in [0.717, 1.165) is 12.1 Å². The summed E-state index contributed by atoms with van der Waals surface area (Å²) in [6.45, 7) is 2.72. The molecule has 1 rings (SSSR count). The molecule has 0 saturated heterocycles. The normalized spacial score (nSPS) is 10.2. The minimum atomic E-state index is 0.489. The maximum absolute atomic E-state index is 5.16. The van der Waals surface area contributed by atoms with E-state index >= 15 is 0 Å². The van der Waals surface area contributed by atoms with Gasteiger partial charge in [0.15, 0.2) is 5.11 Å². The number of hydrogen-bond acceptors (Lipinski definition) is 4. The Kier molecular flexibility index (Phi) is 5.93. The average Bonchev–Trinajstić information content (AvgIpc) is 2.38. The molecule has 0 heterocycles. The predicted octanol–water partition coefficient (Wildman–Crippen LogP) is 1.52. The van der Waals surface area contributed by atoms with E-state index in [4.69, 9.17) is 21.7 Å². The van der Waals surface area contributed by atoms with E-state index in [0.29, 0.717) is 16.6 Å². The highest BCUT2D eigenvalue weighted by molar-refractivity contribution is 7.80. The predicted molar refractivity (Wildman–Crippen MR) is 76.6 cm³/mol. The second-order valence-electron chi connectivity index (χ2n) is 3.38. The zero-order chi connectivity index (χ0) is 13.4. The highest BCUT2D eigenvalue weighted by Crippen LogP contribution is 2.21. The number of ether oxygens (including phenoxy) is 2. The number of nitrogens with zero attached hydrogens (tertiary/aromatic N) is 1. The summed E-state index contributed by atoms with van der Waals surface area (Å²) in [6, 6.07) is 5.50. The Morgan fingerprint density at radius 3 is 2.39 bits per heavy atom. The van der Waals surface area contributed by atoms with Crippen molar-refractivity contribution < 1.29 is 9.47 Å². The summed E-state index contributed by atoms with van der Waals surface area (Å²) < 4.78 is 10.3. The summed E-state index contributed by atoms with van der Waals surface area (Å²) >= 11 is 4.98. The molecular weight excluding hydrogens is 250 g/mol. The van der Waals surface area contributed by atoms with Crippen molar-refractivity contribution in [3.05, 3.63) is 23.8 Å². The van der Waals surface area contributed by atoms with Crippen LogP contribution in [0.5, 0.6) is 11.5 Å². The van der Waals surface area contributed by atoms with Crippen molar-refractivity contribution in [1.29, 1.82) is 0 Å². The number of hydrogen-bond donors (Lipinski definition) is 2. The van der Waals surface area contributed by atoms with E-state index in [9.17, 15) is 0 Å². The standard InChI is InChI=1S/C12H17N3O2S/c1-4-13-12(18)15-14-8-9-5-10(16-2)7-11(6-9)17-3/h5-8H,4H2,1-3H3,(H2,13,15,18)/b14-8-. The van der Waals surface area contributed by atoms with Gasteiger partial charge in [0.2, 0.25) is 0 Å². The first-order chi connectivity index (χ1) is 8.69. The summed E-state index contributed by atoms with van der Waals surface area (Å²) in [4.78, 5) is 0. The van der Waals surface area contributed by atoms with Gasteiger partial charge in [-0.05, 0) is 31.3 Å². The lowest BCUT2D eigenvalue weighted by atomic mass is 10.2. The van der Waals surface area contributed by atoms with Crippen LogP contribution in [0, 0.1) is 0 Å². The van der Waals surface area contributed by atoms with Crippen molar-refractivity contribution in [3.63, 3.8) is 0 Å². The van der Waals surface area contributed by atoms with Gasteiger partial charge in [-0.2, -0.15) is 5.10 Å². The van der Waals surface area contributed by atoms with Gasteiger partial charge in [-0.15, -0.1) is 0 Å². The SMILES string of the molecule is CCNC(=S)N/N=C\c1cc(OC)cc(OC)c1. The van der Waals surface area contributed by atoms with Crippen molar-refractivity contribution in [3.8, 4) is 11.5 Å². The molecule has 0 aromatic heterocycles. The molecular formula is C12H17N3O2S. The van der Waals surface area contributed by atoms with Gasteiger partial charge >= 0.3 is 0 Å². The monoisotopic (exact) mass is 267 g/mol. The largest absolute Gasteiger partial charge is 0.497 e. The van der Waals surface area contributed by atoms with Crippen LogP contribution in [0.3, 0.4) is 0 Å². The molecule has 1 aromatic carbocycles. The topological polar surface area (TPSA) is 54.9 Å². The van der Waals surface area contributed by atoms with E-state index in [1.54, 1.807) is 26.5 Å². The average molecular weight is 267 g/mol. The Morgan fingerprint density at radius 1 is 1.28 bits per heavy atom. The molecule has 5 nitrogen and oxygen atoms in total. The first-order valence-electron chi connectivity index (χ1n) is 5.49. The third-order valence-corrected chi connectivity index (χ3v) is 2.33. The molecule has 0 aliphatic heterocycles. The van der Waals surface area contributed by atoms with Gasteiger partial charge in [0.25, 0.3) is 0 Å². The van der Waals surface area contributed by atoms with Crippen LogP contribution in [0.25, 0.3) is 0 Å². The molecule has 0 fully saturated rings. The van der Waals surface area contributed by atoms with Crippen molar-refractivity contribution in [2.24, 2.45) is 5.10 Å². The van der Waals surface area contributed by atoms with Crippen molar-refractivity contribution in [2.45, 2.75) is 6.92 Å². The first kappa shape index (κ1) is 14.2.